The molecule has 0 saturated carbocycles. The molecule has 2 rings (SSSR count). The standard InChI is InChI=1S/C13H18FNO2/c14-11-3-1-4-12(9-11)16-7-8-17-13-5-2-6-15-10-13/h1,3-4,9,13,15H,2,5-8,10H2. The molecule has 0 aliphatic carbocycles. The summed E-state index contributed by atoms with van der Waals surface area (Å²) >= 11 is 0. The number of halogens is 1. The van der Waals surface area contributed by atoms with E-state index in [1.54, 1.807) is 12.1 Å². The molecule has 94 valence electrons. The molecule has 1 N–H and O–H groups in total. The van der Waals surface area contributed by atoms with Gasteiger partial charge in [-0.25, -0.2) is 4.39 Å². The minimum atomic E-state index is -0.278. The van der Waals surface area contributed by atoms with Crippen molar-refractivity contribution in [3.63, 3.8) is 0 Å². The van der Waals surface area contributed by atoms with Crippen LogP contribution in [0.4, 0.5) is 4.39 Å². The average Bonchev–Trinajstić information content (AvgIpc) is 2.36. The zero-order valence-electron chi connectivity index (χ0n) is 9.82. The number of ether oxygens (including phenoxy) is 2. The summed E-state index contributed by atoms with van der Waals surface area (Å²) in [5.74, 6) is 0.273. The average molecular weight is 239 g/mol. The van der Waals surface area contributed by atoms with E-state index in [0.717, 1.165) is 25.9 Å². The van der Waals surface area contributed by atoms with E-state index in [1.165, 1.54) is 12.1 Å². The lowest BCUT2D eigenvalue weighted by molar-refractivity contribution is 0.0204. The third-order valence-electron chi connectivity index (χ3n) is 2.75. The van der Waals surface area contributed by atoms with Crippen molar-refractivity contribution in [1.82, 2.24) is 5.32 Å². The first-order valence-corrected chi connectivity index (χ1v) is 6.05. The van der Waals surface area contributed by atoms with Crippen LogP contribution in [0.3, 0.4) is 0 Å². The Balaban J connectivity index is 1.62. The van der Waals surface area contributed by atoms with Gasteiger partial charge in [0.1, 0.15) is 18.2 Å². The van der Waals surface area contributed by atoms with Gasteiger partial charge in [0.15, 0.2) is 0 Å². The minimum absolute atomic E-state index is 0.278. The summed E-state index contributed by atoms with van der Waals surface area (Å²) in [6.07, 6.45) is 2.56. The van der Waals surface area contributed by atoms with Gasteiger partial charge >= 0.3 is 0 Å². The molecular formula is C13H18FNO2. The topological polar surface area (TPSA) is 30.5 Å². The smallest absolute Gasteiger partial charge is 0.126 e. The van der Waals surface area contributed by atoms with Crippen LogP contribution < -0.4 is 10.1 Å². The molecule has 0 spiro atoms. The molecule has 1 aliphatic heterocycles. The molecule has 1 aromatic carbocycles. The van der Waals surface area contributed by atoms with Crippen LogP contribution in [0.15, 0.2) is 24.3 Å². The maximum atomic E-state index is 12.8. The molecular weight excluding hydrogens is 221 g/mol. The maximum absolute atomic E-state index is 12.8. The molecule has 1 atom stereocenters. The van der Waals surface area contributed by atoms with Gasteiger partial charge in [0.2, 0.25) is 0 Å². The predicted octanol–water partition coefficient (Wildman–Crippen LogP) is 1.97. The molecule has 0 amide bonds. The van der Waals surface area contributed by atoms with Gasteiger partial charge in [0, 0.05) is 12.6 Å². The van der Waals surface area contributed by atoms with E-state index in [4.69, 9.17) is 9.47 Å². The second-order valence-electron chi connectivity index (χ2n) is 4.14. The van der Waals surface area contributed by atoms with Crippen molar-refractivity contribution in [3.8, 4) is 5.75 Å². The van der Waals surface area contributed by atoms with E-state index in [9.17, 15) is 4.39 Å². The van der Waals surface area contributed by atoms with E-state index in [-0.39, 0.29) is 5.82 Å². The monoisotopic (exact) mass is 239 g/mol. The fourth-order valence-corrected chi connectivity index (χ4v) is 1.89. The Hall–Kier alpha value is -1.13. The highest BCUT2D eigenvalue weighted by molar-refractivity contribution is 5.22. The fraction of sp³-hybridized carbons (Fsp3) is 0.538. The molecule has 1 unspecified atom stereocenters. The fourth-order valence-electron chi connectivity index (χ4n) is 1.89. The van der Waals surface area contributed by atoms with E-state index >= 15 is 0 Å². The predicted molar refractivity (Wildman–Crippen MR) is 63.7 cm³/mol. The van der Waals surface area contributed by atoms with Gasteiger partial charge in [0.05, 0.1) is 12.7 Å². The Bertz CT molecular complexity index is 340. The summed E-state index contributed by atoms with van der Waals surface area (Å²) < 4.78 is 23.9. The number of benzene rings is 1. The van der Waals surface area contributed by atoms with Crippen LogP contribution in [0, 0.1) is 5.82 Å². The van der Waals surface area contributed by atoms with Gasteiger partial charge in [-0.1, -0.05) is 6.07 Å². The number of piperidine rings is 1. The van der Waals surface area contributed by atoms with Crippen molar-refractivity contribution in [1.29, 1.82) is 0 Å². The van der Waals surface area contributed by atoms with Crippen molar-refractivity contribution in [2.24, 2.45) is 0 Å². The Morgan fingerprint density at radius 3 is 3.06 bits per heavy atom. The van der Waals surface area contributed by atoms with Crippen molar-refractivity contribution >= 4 is 0 Å². The lowest BCUT2D eigenvalue weighted by Crippen LogP contribution is -2.36. The van der Waals surface area contributed by atoms with Gasteiger partial charge in [-0.2, -0.15) is 0 Å². The van der Waals surface area contributed by atoms with E-state index in [1.807, 2.05) is 0 Å². The number of rotatable bonds is 5. The third-order valence-corrected chi connectivity index (χ3v) is 2.75. The quantitative estimate of drug-likeness (QED) is 0.797. The van der Waals surface area contributed by atoms with Gasteiger partial charge in [-0.05, 0) is 31.5 Å². The van der Waals surface area contributed by atoms with Gasteiger partial charge in [-0.15, -0.1) is 0 Å². The van der Waals surface area contributed by atoms with Gasteiger partial charge < -0.3 is 14.8 Å². The normalized spacial score (nSPS) is 20.2. The molecule has 1 aromatic rings. The second kappa shape index (κ2) is 6.57. The van der Waals surface area contributed by atoms with Crippen LogP contribution in [-0.4, -0.2) is 32.4 Å². The van der Waals surface area contributed by atoms with E-state index in [0.29, 0.717) is 25.1 Å². The van der Waals surface area contributed by atoms with Crippen molar-refractivity contribution < 1.29 is 13.9 Å². The first-order valence-electron chi connectivity index (χ1n) is 6.05. The highest BCUT2D eigenvalue weighted by atomic mass is 19.1. The van der Waals surface area contributed by atoms with Crippen LogP contribution in [0.5, 0.6) is 5.75 Å². The van der Waals surface area contributed by atoms with Crippen molar-refractivity contribution in [3.05, 3.63) is 30.1 Å². The second-order valence-corrected chi connectivity index (χ2v) is 4.14. The summed E-state index contributed by atoms with van der Waals surface area (Å²) in [6, 6.07) is 6.15. The molecule has 1 aliphatic rings. The third kappa shape index (κ3) is 4.32. The first-order chi connectivity index (χ1) is 8.34. The maximum Gasteiger partial charge on any atom is 0.126 e. The minimum Gasteiger partial charge on any atom is -0.491 e. The van der Waals surface area contributed by atoms with E-state index < -0.39 is 0 Å². The molecule has 0 bridgehead atoms. The van der Waals surface area contributed by atoms with Crippen molar-refractivity contribution in [2.45, 2.75) is 18.9 Å². The number of hydrogen-bond donors (Lipinski definition) is 1. The van der Waals surface area contributed by atoms with Crippen LogP contribution in [0.1, 0.15) is 12.8 Å². The molecule has 17 heavy (non-hydrogen) atoms. The Kier molecular flexibility index (Phi) is 4.76. The first kappa shape index (κ1) is 12.3. The van der Waals surface area contributed by atoms with Crippen molar-refractivity contribution in [2.75, 3.05) is 26.3 Å². The largest absolute Gasteiger partial charge is 0.491 e. The molecule has 1 heterocycles. The zero-order chi connectivity index (χ0) is 11.9. The van der Waals surface area contributed by atoms with Crippen LogP contribution >= 0.6 is 0 Å². The highest BCUT2D eigenvalue weighted by Gasteiger charge is 2.12. The summed E-state index contributed by atoms with van der Waals surface area (Å²) in [4.78, 5) is 0. The van der Waals surface area contributed by atoms with E-state index in [2.05, 4.69) is 5.32 Å². The lowest BCUT2D eigenvalue weighted by atomic mass is 10.1. The molecule has 0 radical (unpaired) electrons. The Morgan fingerprint density at radius 2 is 2.29 bits per heavy atom. The highest BCUT2D eigenvalue weighted by Crippen LogP contribution is 2.12. The Labute approximate surface area is 101 Å². The summed E-state index contributed by atoms with van der Waals surface area (Å²) in [6.45, 7) is 3.00. The summed E-state index contributed by atoms with van der Waals surface area (Å²) in [5, 5.41) is 3.29. The molecule has 0 aromatic heterocycles. The Morgan fingerprint density at radius 1 is 1.35 bits per heavy atom. The number of hydrogen-bond acceptors (Lipinski definition) is 3. The number of nitrogens with one attached hydrogen (secondary N) is 1. The van der Waals surface area contributed by atoms with Crippen LogP contribution in [-0.2, 0) is 4.74 Å². The molecule has 1 fully saturated rings. The lowest BCUT2D eigenvalue weighted by Gasteiger charge is -2.23. The zero-order valence-corrected chi connectivity index (χ0v) is 9.82. The molecule has 1 saturated heterocycles. The van der Waals surface area contributed by atoms with Gasteiger partial charge in [0.25, 0.3) is 0 Å². The summed E-state index contributed by atoms with van der Waals surface area (Å²) in [7, 11) is 0. The SMILES string of the molecule is Fc1cccc(OCCOC2CCCNC2)c1. The van der Waals surface area contributed by atoms with Crippen LogP contribution in [0.2, 0.25) is 0 Å². The summed E-state index contributed by atoms with van der Waals surface area (Å²) in [5.41, 5.74) is 0. The molecule has 3 nitrogen and oxygen atoms in total. The molecule has 4 heteroatoms. The van der Waals surface area contributed by atoms with Gasteiger partial charge in [-0.3, -0.25) is 0 Å². The van der Waals surface area contributed by atoms with Crippen LogP contribution in [0.25, 0.3) is 0 Å².